The fraction of sp³-hybridized carbons (Fsp3) is 0.500. The van der Waals surface area contributed by atoms with Crippen LogP contribution in [0, 0.1) is 6.92 Å². The van der Waals surface area contributed by atoms with Gasteiger partial charge in [0.15, 0.2) is 6.29 Å². The van der Waals surface area contributed by atoms with Crippen molar-refractivity contribution in [1.82, 2.24) is 6.15 Å². The van der Waals surface area contributed by atoms with Gasteiger partial charge in [-0.2, -0.15) is 0 Å². The molecule has 3 nitrogen and oxygen atoms in total. The van der Waals surface area contributed by atoms with Gasteiger partial charge in [-0.3, -0.25) is 0 Å². The van der Waals surface area contributed by atoms with Gasteiger partial charge in [0.25, 0.3) is 0 Å². The van der Waals surface area contributed by atoms with Crippen molar-refractivity contribution >= 4 is 0 Å². The van der Waals surface area contributed by atoms with Crippen LogP contribution < -0.4 is 6.15 Å². The van der Waals surface area contributed by atoms with Crippen molar-refractivity contribution in [2.75, 3.05) is 0 Å². The van der Waals surface area contributed by atoms with Gasteiger partial charge in [-0.15, -0.1) is 0 Å². The third-order valence-corrected chi connectivity index (χ3v) is 0. The second kappa shape index (κ2) is 3.88. The van der Waals surface area contributed by atoms with E-state index < -0.39 is 6.29 Å². The molecule has 0 rings (SSSR count). The van der Waals surface area contributed by atoms with Gasteiger partial charge in [-0.05, 0) is 0 Å². The first-order valence-electron chi connectivity index (χ1n) is 0.925. The van der Waals surface area contributed by atoms with Gasteiger partial charge in [0, 0.05) is 6.92 Å². The first-order valence-corrected chi connectivity index (χ1v) is 0.925. The molecule has 5 heavy (non-hydrogen) atoms. The highest BCUT2D eigenvalue weighted by atomic mass is 16.5. The number of aliphatic hydroxyl groups is 2. The number of hydrogen-bond donors (Lipinski definition) is 3. The molecule has 0 aromatic heterocycles. The zero-order valence-corrected chi connectivity index (χ0v) is 2.89. The van der Waals surface area contributed by atoms with Crippen LogP contribution in [0.5, 0.6) is 0 Å². The minimum absolute atomic E-state index is 0. The van der Waals surface area contributed by atoms with Crippen LogP contribution >= 0.6 is 0 Å². The fourth-order valence-corrected chi connectivity index (χ4v) is 0. The molecule has 33 valence electrons. The van der Waals surface area contributed by atoms with Gasteiger partial charge in [-0.25, -0.2) is 0 Å². The lowest BCUT2D eigenvalue weighted by Crippen LogP contribution is -1.92. The van der Waals surface area contributed by atoms with Crippen molar-refractivity contribution in [1.29, 1.82) is 0 Å². The van der Waals surface area contributed by atoms with Gasteiger partial charge in [0.1, 0.15) is 0 Å². The topological polar surface area (TPSA) is 75.5 Å². The highest BCUT2D eigenvalue weighted by molar-refractivity contribution is 4.28. The van der Waals surface area contributed by atoms with Crippen LogP contribution in [-0.2, 0) is 0 Å². The Labute approximate surface area is 30.8 Å². The van der Waals surface area contributed by atoms with Gasteiger partial charge in [0.05, 0.1) is 0 Å². The minimum Gasteiger partial charge on any atom is -0.368 e. The Morgan fingerprint density at radius 3 is 1.40 bits per heavy atom. The number of rotatable bonds is 0. The van der Waals surface area contributed by atoms with Gasteiger partial charge < -0.3 is 16.4 Å². The van der Waals surface area contributed by atoms with Gasteiger partial charge in [-0.1, -0.05) is 0 Å². The first kappa shape index (κ1) is 8.86. The monoisotopic (exact) mass is 78.1 g/mol. The molecule has 0 saturated carbocycles. The fourth-order valence-electron chi connectivity index (χ4n) is 0. The van der Waals surface area contributed by atoms with E-state index in [2.05, 4.69) is 6.92 Å². The maximum absolute atomic E-state index is 7.50. The summed E-state index contributed by atoms with van der Waals surface area (Å²) in [7, 11) is 0. The third-order valence-electron chi connectivity index (χ3n) is 0. The smallest absolute Gasteiger partial charge is 0.151 e. The molecule has 0 spiro atoms. The average molecular weight is 78.1 g/mol. The van der Waals surface area contributed by atoms with E-state index in [-0.39, 0.29) is 6.15 Å². The highest BCUT2D eigenvalue weighted by Crippen LogP contribution is 1.56. The maximum Gasteiger partial charge on any atom is 0.151 e. The lowest BCUT2D eigenvalue weighted by atomic mass is 10.8. The molecule has 3 heteroatoms. The number of aliphatic hydroxyl groups excluding tert-OH is 1. The van der Waals surface area contributed by atoms with E-state index in [1.807, 2.05) is 0 Å². The van der Waals surface area contributed by atoms with Crippen LogP contribution in [0.15, 0.2) is 0 Å². The Hall–Kier alpha value is -0.120. The van der Waals surface area contributed by atoms with Crippen LogP contribution in [-0.4, -0.2) is 16.5 Å². The second-order valence-electron chi connectivity index (χ2n) is 0.481. The molecule has 0 aliphatic carbocycles. The summed E-state index contributed by atoms with van der Waals surface area (Å²) in [4.78, 5) is 0. The Kier molecular flexibility index (Phi) is 6.87. The number of hydrogen-bond acceptors (Lipinski definition) is 3. The molecule has 0 saturated heterocycles. The molecule has 0 unspecified atom stereocenters. The predicted octanol–water partition coefficient (Wildman–Crippen LogP) is -0.707. The molecule has 0 aliphatic heterocycles. The van der Waals surface area contributed by atoms with Crippen LogP contribution in [0.3, 0.4) is 0 Å². The van der Waals surface area contributed by atoms with Crippen LogP contribution in [0.2, 0.25) is 0 Å². The van der Waals surface area contributed by atoms with E-state index in [1.165, 1.54) is 0 Å². The average Bonchev–Trinajstić information content (AvgIpc) is 0.811. The second-order valence-corrected chi connectivity index (χ2v) is 0.481. The van der Waals surface area contributed by atoms with Crippen LogP contribution in [0.1, 0.15) is 0 Å². The zero-order valence-electron chi connectivity index (χ0n) is 2.89. The molecular formula is C2H8NO2. The largest absolute Gasteiger partial charge is 0.368 e. The van der Waals surface area contributed by atoms with E-state index >= 15 is 0 Å². The predicted molar refractivity (Wildman–Crippen MR) is 18.6 cm³/mol. The van der Waals surface area contributed by atoms with E-state index in [0.717, 1.165) is 0 Å². The van der Waals surface area contributed by atoms with Crippen LogP contribution in [0.25, 0.3) is 0 Å². The molecule has 1 radical (unpaired) electrons. The Bertz CT molecular complexity index is 12.4. The van der Waals surface area contributed by atoms with E-state index in [4.69, 9.17) is 10.2 Å². The van der Waals surface area contributed by atoms with Crippen molar-refractivity contribution < 1.29 is 10.2 Å². The normalized spacial score (nSPS) is 7.20. The van der Waals surface area contributed by atoms with Crippen LogP contribution in [0.4, 0.5) is 0 Å². The third kappa shape index (κ3) is 952. The summed E-state index contributed by atoms with van der Waals surface area (Å²) in [6.07, 6.45) is -1.42. The van der Waals surface area contributed by atoms with E-state index in [1.54, 1.807) is 0 Å². The summed E-state index contributed by atoms with van der Waals surface area (Å²) in [5.74, 6) is 0. The van der Waals surface area contributed by atoms with E-state index in [0.29, 0.717) is 0 Å². The molecule has 0 bridgehead atoms. The van der Waals surface area contributed by atoms with Gasteiger partial charge in [0.2, 0.25) is 0 Å². The molecule has 0 atom stereocenters. The standard InChI is InChI=1S/C2H5O2.H3N/c1-2(3)4;/h2-4H,1H2;1H3. The Morgan fingerprint density at radius 2 is 1.40 bits per heavy atom. The van der Waals surface area contributed by atoms with Crippen molar-refractivity contribution in [2.45, 2.75) is 6.29 Å². The minimum atomic E-state index is -1.42. The van der Waals surface area contributed by atoms with Gasteiger partial charge >= 0.3 is 0 Å². The molecule has 0 heterocycles. The van der Waals surface area contributed by atoms with Crippen molar-refractivity contribution in [2.24, 2.45) is 0 Å². The molecule has 0 amide bonds. The summed E-state index contributed by atoms with van der Waals surface area (Å²) in [5, 5.41) is 15.0. The molecule has 5 N–H and O–H groups in total. The van der Waals surface area contributed by atoms with Crippen molar-refractivity contribution in [3.8, 4) is 0 Å². The Morgan fingerprint density at radius 1 is 1.40 bits per heavy atom. The van der Waals surface area contributed by atoms with E-state index in [9.17, 15) is 0 Å². The molecular weight excluding hydrogens is 70.0 g/mol. The quantitative estimate of drug-likeness (QED) is 0.335. The summed E-state index contributed by atoms with van der Waals surface area (Å²) in [6.45, 7) is 2.75. The molecule has 0 aliphatic rings. The molecule has 0 aromatic rings. The first-order chi connectivity index (χ1) is 1.73. The summed E-state index contributed by atoms with van der Waals surface area (Å²) < 4.78 is 0. The zero-order chi connectivity index (χ0) is 3.58. The van der Waals surface area contributed by atoms with Crippen molar-refractivity contribution in [3.63, 3.8) is 0 Å². The molecule has 0 aromatic carbocycles. The SMILES string of the molecule is N.[CH2]C(O)O. The summed E-state index contributed by atoms with van der Waals surface area (Å²) >= 11 is 0. The Balaban J connectivity index is 0. The lowest BCUT2D eigenvalue weighted by Gasteiger charge is -1.80. The summed E-state index contributed by atoms with van der Waals surface area (Å²) in [6, 6.07) is 0. The summed E-state index contributed by atoms with van der Waals surface area (Å²) in [5.41, 5.74) is 0. The van der Waals surface area contributed by atoms with Crippen molar-refractivity contribution in [3.05, 3.63) is 6.92 Å². The molecule has 0 fully saturated rings. The maximum atomic E-state index is 7.50. The lowest BCUT2D eigenvalue weighted by molar-refractivity contribution is -0.000172. The highest BCUT2D eigenvalue weighted by Gasteiger charge is 1.70.